The average molecular weight is 272 g/mol. The van der Waals surface area contributed by atoms with E-state index < -0.39 is 0 Å². The standard InChI is InChI=1S/C16H20N2O2/c1-12(11-15-5-4-10-20-15)17-14-8-6-13(7-9-14)16(19)18(2)3/h4-10,12,17H,11H2,1-3H3. The molecule has 0 fully saturated rings. The third kappa shape index (κ3) is 3.63. The number of nitrogens with one attached hydrogen (secondary N) is 1. The highest BCUT2D eigenvalue weighted by Gasteiger charge is 2.09. The van der Waals surface area contributed by atoms with E-state index in [1.807, 2.05) is 36.4 Å². The monoisotopic (exact) mass is 272 g/mol. The van der Waals surface area contributed by atoms with Gasteiger partial charge in [0.15, 0.2) is 0 Å². The topological polar surface area (TPSA) is 45.5 Å². The molecular formula is C16H20N2O2. The van der Waals surface area contributed by atoms with Crippen LogP contribution in [0.4, 0.5) is 5.69 Å². The second-order valence-electron chi connectivity index (χ2n) is 5.11. The fourth-order valence-electron chi connectivity index (χ4n) is 2.03. The van der Waals surface area contributed by atoms with E-state index in [4.69, 9.17) is 4.42 Å². The Hall–Kier alpha value is -2.23. The molecule has 0 bridgehead atoms. The second kappa shape index (κ2) is 6.28. The van der Waals surface area contributed by atoms with Crippen molar-refractivity contribution in [3.05, 3.63) is 54.0 Å². The number of rotatable bonds is 5. The molecule has 1 aromatic heterocycles. The number of carbonyl (C=O) groups excluding carboxylic acids is 1. The number of hydrogen-bond acceptors (Lipinski definition) is 3. The van der Waals surface area contributed by atoms with Crippen LogP contribution in [0.5, 0.6) is 0 Å². The average Bonchev–Trinajstić information content (AvgIpc) is 2.91. The predicted molar refractivity (Wildman–Crippen MR) is 80.0 cm³/mol. The van der Waals surface area contributed by atoms with Gasteiger partial charge >= 0.3 is 0 Å². The maximum absolute atomic E-state index is 11.8. The molecule has 1 heterocycles. The van der Waals surface area contributed by atoms with Crippen LogP contribution in [0.1, 0.15) is 23.0 Å². The van der Waals surface area contributed by atoms with Crippen LogP contribution in [0.15, 0.2) is 47.1 Å². The Balaban J connectivity index is 1.95. The largest absolute Gasteiger partial charge is 0.469 e. The Labute approximate surface area is 119 Å². The summed E-state index contributed by atoms with van der Waals surface area (Å²) < 4.78 is 5.33. The second-order valence-corrected chi connectivity index (χ2v) is 5.11. The van der Waals surface area contributed by atoms with Crippen molar-refractivity contribution < 1.29 is 9.21 Å². The summed E-state index contributed by atoms with van der Waals surface area (Å²) in [5, 5.41) is 3.39. The Kier molecular flexibility index (Phi) is 4.45. The van der Waals surface area contributed by atoms with Crippen molar-refractivity contribution in [2.24, 2.45) is 0 Å². The minimum absolute atomic E-state index is 0.0141. The van der Waals surface area contributed by atoms with Gasteiger partial charge in [0.05, 0.1) is 6.26 Å². The quantitative estimate of drug-likeness (QED) is 0.910. The first kappa shape index (κ1) is 14.2. The summed E-state index contributed by atoms with van der Waals surface area (Å²) in [7, 11) is 3.50. The molecule has 0 saturated carbocycles. The van der Waals surface area contributed by atoms with Gasteiger partial charge in [0.25, 0.3) is 5.91 Å². The maximum atomic E-state index is 11.8. The highest BCUT2D eigenvalue weighted by Crippen LogP contribution is 2.14. The van der Waals surface area contributed by atoms with Crippen molar-refractivity contribution in [2.45, 2.75) is 19.4 Å². The molecule has 0 saturated heterocycles. The van der Waals surface area contributed by atoms with Crippen LogP contribution < -0.4 is 5.32 Å². The molecule has 0 spiro atoms. The first-order valence-electron chi connectivity index (χ1n) is 6.67. The van der Waals surface area contributed by atoms with Crippen molar-refractivity contribution in [2.75, 3.05) is 19.4 Å². The number of benzene rings is 1. The summed E-state index contributed by atoms with van der Waals surface area (Å²) in [6.07, 6.45) is 2.51. The molecule has 20 heavy (non-hydrogen) atoms. The Morgan fingerprint density at radius 1 is 1.25 bits per heavy atom. The molecular weight excluding hydrogens is 252 g/mol. The SMILES string of the molecule is CC(Cc1ccco1)Nc1ccc(C(=O)N(C)C)cc1. The number of furan rings is 1. The van der Waals surface area contributed by atoms with Crippen LogP contribution in [-0.4, -0.2) is 30.9 Å². The van der Waals surface area contributed by atoms with Gasteiger partial charge in [0.1, 0.15) is 5.76 Å². The van der Waals surface area contributed by atoms with Gasteiger partial charge in [-0.1, -0.05) is 0 Å². The highest BCUT2D eigenvalue weighted by molar-refractivity contribution is 5.94. The van der Waals surface area contributed by atoms with Gasteiger partial charge in [-0.2, -0.15) is 0 Å². The fraction of sp³-hybridized carbons (Fsp3) is 0.312. The first-order chi connectivity index (χ1) is 9.56. The number of amides is 1. The van der Waals surface area contributed by atoms with Crippen LogP contribution in [0, 0.1) is 0 Å². The number of hydrogen-bond donors (Lipinski definition) is 1. The van der Waals surface area contributed by atoms with Crippen molar-refractivity contribution in [1.29, 1.82) is 0 Å². The van der Waals surface area contributed by atoms with Crippen LogP contribution in [0.3, 0.4) is 0 Å². The molecule has 2 aromatic rings. The zero-order chi connectivity index (χ0) is 14.5. The highest BCUT2D eigenvalue weighted by atomic mass is 16.3. The zero-order valence-electron chi connectivity index (χ0n) is 12.1. The van der Waals surface area contributed by atoms with Crippen LogP contribution in [-0.2, 0) is 6.42 Å². The first-order valence-corrected chi connectivity index (χ1v) is 6.67. The smallest absolute Gasteiger partial charge is 0.253 e. The molecule has 1 N–H and O–H groups in total. The van der Waals surface area contributed by atoms with E-state index in [1.165, 1.54) is 0 Å². The van der Waals surface area contributed by atoms with E-state index in [1.54, 1.807) is 25.3 Å². The predicted octanol–water partition coefficient (Wildman–Crippen LogP) is 3.02. The van der Waals surface area contributed by atoms with E-state index in [0.717, 1.165) is 17.9 Å². The Morgan fingerprint density at radius 3 is 2.50 bits per heavy atom. The number of nitrogens with zero attached hydrogens (tertiary/aromatic N) is 1. The van der Waals surface area contributed by atoms with Gasteiger partial charge < -0.3 is 14.6 Å². The molecule has 0 aliphatic carbocycles. The molecule has 1 aromatic carbocycles. The third-order valence-corrected chi connectivity index (χ3v) is 3.04. The van der Waals surface area contributed by atoms with Crippen LogP contribution >= 0.6 is 0 Å². The van der Waals surface area contributed by atoms with Gasteiger partial charge in [0, 0.05) is 37.8 Å². The molecule has 0 radical (unpaired) electrons. The summed E-state index contributed by atoms with van der Waals surface area (Å²) in [4.78, 5) is 13.4. The van der Waals surface area contributed by atoms with Crippen LogP contribution in [0.2, 0.25) is 0 Å². The molecule has 106 valence electrons. The zero-order valence-corrected chi connectivity index (χ0v) is 12.1. The summed E-state index contributed by atoms with van der Waals surface area (Å²) in [5.74, 6) is 0.976. The minimum atomic E-state index is 0.0141. The lowest BCUT2D eigenvalue weighted by Gasteiger charge is -2.15. The minimum Gasteiger partial charge on any atom is -0.469 e. The lowest BCUT2D eigenvalue weighted by Crippen LogP contribution is -2.22. The molecule has 1 amide bonds. The van der Waals surface area contributed by atoms with Crippen molar-refractivity contribution in [1.82, 2.24) is 4.90 Å². The van der Waals surface area contributed by atoms with Gasteiger partial charge in [-0.25, -0.2) is 0 Å². The van der Waals surface area contributed by atoms with E-state index in [-0.39, 0.29) is 11.9 Å². The summed E-state index contributed by atoms with van der Waals surface area (Å²) >= 11 is 0. The fourth-order valence-corrected chi connectivity index (χ4v) is 2.03. The molecule has 4 heteroatoms. The van der Waals surface area contributed by atoms with Crippen LogP contribution in [0.25, 0.3) is 0 Å². The van der Waals surface area contributed by atoms with Gasteiger partial charge in [-0.05, 0) is 43.3 Å². The molecule has 0 aliphatic rings. The van der Waals surface area contributed by atoms with E-state index in [9.17, 15) is 4.79 Å². The van der Waals surface area contributed by atoms with Crippen molar-refractivity contribution in [3.8, 4) is 0 Å². The molecule has 1 unspecified atom stereocenters. The molecule has 4 nitrogen and oxygen atoms in total. The van der Waals surface area contributed by atoms with E-state index in [2.05, 4.69) is 12.2 Å². The number of carbonyl (C=O) groups is 1. The summed E-state index contributed by atoms with van der Waals surface area (Å²) in [5.41, 5.74) is 1.69. The van der Waals surface area contributed by atoms with Crippen molar-refractivity contribution >= 4 is 11.6 Å². The lowest BCUT2D eigenvalue weighted by molar-refractivity contribution is 0.0827. The normalized spacial score (nSPS) is 11.9. The molecule has 0 aliphatic heterocycles. The van der Waals surface area contributed by atoms with Gasteiger partial charge in [0.2, 0.25) is 0 Å². The Morgan fingerprint density at radius 2 is 1.95 bits per heavy atom. The lowest BCUT2D eigenvalue weighted by atomic mass is 10.1. The number of anilines is 1. The van der Waals surface area contributed by atoms with E-state index in [0.29, 0.717) is 5.56 Å². The van der Waals surface area contributed by atoms with Crippen molar-refractivity contribution in [3.63, 3.8) is 0 Å². The summed E-state index contributed by atoms with van der Waals surface area (Å²) in [6.45, 7) is 2.10. The molecule has 2 rings (SSSR count). The summed E-state index contributed by atoms with van der Waals surface area (Å²) in [6, 6.07) is 11.6. The van der Waals surface area contributed by atoms with Gasteiger partial charge in [-0.3, -0.25) is 4.79 Å². The van der Waals surface area contributed by atoms with E-state index >= 15 is 0 Å². The Bertz CT molecular complexity index is 544. The maximum Gasteiger partial charge on any atom is 0.253 e. The third-order valence-electron chi connectivity index (χ3n) is 3.04. The van der Waals surface area contributed by atoms with Gasteiger partial charge in [-0.15, -0.1) is 0 Å². The molecule has 1 atom stereocenters.